The smallest absolute Gasteiger partial charge is 0.409 e. The molecule has 2 aromatic rings. The predicted molar refractivity (Wildman–Crippen MR) is 110 cm³/mol. The van der Waals surface area contributed by atoms with Crippen LogP contribution in [0.5, 0.6) is 0 Å². The zero-order valence-electron chi connectivity index (χ0n) is 17.2. The van der Waals surface area contributed by atoms with Gasteiger partial charge in [0.15, 0.2) is 23.2 Å². The van der Waals surface area contributed by atoms with Crippen LogP contribution >= 0.6 is 0 Å². The molecule has 4 heterocycles. The number of carbonyl (C=O) groups is 1. The maximum absolute atomic E-state index is 11.9. The first-order valence-electron chi connectivity index (χ1n) is 10.3. The number of imidazole rings is 1. The van der Waals surface area contributed by atoms with Crippen LogP contribution in [0.25, 0.3) is 11.2 Å². The quantitative estimate of drug-likeness (QED) is 0.580. The third kappa shape index (κ3) is 4.14. The van der Waals surface area contributed by atoms with Crippen molar-refractivity contribution in [1.29, 1.82) is 0 Å². The lowest BCUT2D eigenvalue weighted by Crippen LogP contribution is -2.42. The van der Waals surface area contributed by atoms with Gasteiger partial charge >= 0.3 is 6.09 Å². The molecule has 2 aliphatic rings. The monoisotopic (exact) mass is 430 g/mol. The molecule has 0 bridgehead atoms. The largest absolute Gasteiger partial charge is 0.450 e. The summed E-state index contributed by atoms with van der Waals surface area (Å²) in [7, 11) is 0. The second kappa shape index (κ2) is 9.05. The second-order valence-corrected chi connectivity index (χ2v) is 7.61. The lowest BCUT2D eigenvalue weighted by atomic mass is 10.1. The van der Waals surface area contributed by atoms with E-state index in [0.29, 0.717) is 36.7 Å². The minimum Gasteiger partial charge on any atom is -0.450 e. The molecule has 0 spiro atoms. The number of anilines is 1. The fraction of sp³-hybridized carbons (Fsp3) is 0.600. The summed E-state index contributed by atoms with van der Waals surface area (Å²) in [4.78, 5) is 26.6. The van der Waals surface area contributed by atoms with E-state index in [2.05, 4.69) is 26.2 Å². The van der Waals surface area contributed by atoms with Gasteiger partial charge in [0.2, 0.25) is 0 Å². The highest BCUT2D eigenvalue weighted by molar-refractivity contribution is 5.82. The zero-order valence-corrected chi connectivity index (χ0v) is 17.2. The van der Waals surface area contributed by atoms with Crippen molar-refractivity contribution in [3.8, 4) is 12.3 Å². The van der Waals surface area contributed by atoms with Gasteiger partial charge in [-0.25, -0.2) is 19.7 Å². The minimum absolute atomic E-state index is 0.115. The van der Waals surface area contributed by atoms with Gasteiger partial charge in [-0.3, -0.25) is 4.57 Å². The Morgan fingerprint density at radius 1 is 1.32 bits per heavy atom. The number of nitrogens with zero attached hydrogens (tertiary/aromatic N) is 5. The highest BCUT2D eigenvalue weighted by Crippen LogP contribution is 2.33. The molecule has 2 saturated heterocycles. The van der Waals surface area contributed by atoms with E-state index in [0.717, 1.165) is 12.8 Å². The highest BCUT2D eigenvalue weighted by atomic mass is 16.6. The van der Waals surface area contributed by atoms with Gasteiger partial charge in [-0.1, -0.05) is 0 Å². The van der Waals surface area contributed by atoms with E-state index in [9.17, 15) is 15.0 Å². The molecule has 166 valence electrons. The lowest BCUT2D eigenvalue weighted by Gasteiger charge is -2.31. The normalized spacial score (nSPS) is 26.7. The van der Waals surface area contributed by atoms with Crippen LogP contribution in [0.1, 0.15) is 32.4 Å². The number of carbonyl (C=O) groups excluding carboxylic acids is 1. The first-order valence-corrected chi connectivity index (χ1v) is 10.3. The van der Waals surface area contributed by atoms with E-state index in [-0.39, 0.29) is 18.6 Å². The van der Waals surface area contributed by atoms with Crippen LogP contribution in [0.4, 0.5) is 10.6 Å². The molecule has 0 aromatic carbocycles. The maximum Gasteiger partial charge on any atom is 0.409 e. The standard InChI is InChI=1S/C20H26N6O5/c1-3-5-13-15(27)16(28)19(31-13)26-11-23-14-17(21-10-22-18(14)26)24-12-6-8-25(9-7-12)20(29)30-4-2/h1,10-13,15-16,19,27-28H,4-9H2,2H3,(H,21,22,24)/t13-,15-,16+,19-/m1/s1. The van der Waals surface area contributed by atoms with E-state index in [1.807, 2.05) is 0 Å². The van der Waals surface area contributed by atoms with Crippen LogP contribution in [-0.4, -0.2) is 84.8 Å². The van der Waals surface area contributed by atoms with Gasteiger partial charge in [0, 0.05) is 25.6 Å². The number of fused-ring (bicyclic) bond motifs is 1. The van der Waals surface area contributed by atoms with Gasteiger partial charge in [0.25, 0.3) is 0 Å². The summed E-state index contributed by atoms with van der Waals surface area (Å²) >= 11 is 0. The summed E-state index contributed by atoms with van der Waals surface area (Å²) in [5.74, 6) is 3.01. The number of nitrogens with one attached hydrogen (secondary N) is 1. The fourth-order valence-electron chi connectivity index (χ4n) is 4.00. The van der Waals surface area contributed by atoms with Crippen LogP contribution in [0, 0.1) is 12.3 Å². The number of likely N-dealkylation sites (tertiary alicyclic amines) is 1. The van der Waals surface area contributed by atoms with Gasteiger partial charge in [-0.05, 0) is 19.8 Å². The molecule has 0 radical (unpaired) electrons. The van der Waals surface area contributed by atoms with E-state index in [1.165, 1.54) is 12.7 Å². The van der Waals surface area contributed by atoms with Crippen molar-refractivity contribution >= 4 is 23.1 Å². The van der Waals surface area contributed by atoms with Crippen molar-refractivity contribution in [2.75, 3.05) is 25.0 Å². The van der Waals surface area contributed by atoms with E-state index in [4.69, 9.17) is 15.9 Å². The molecule has 0 unspecified atom stereocenters. The maximum atomic E-state index is 11.9. The van der Waals surface area contributed by atoms with Crippen molar-refractivity contribution < 1.29 is 24.5 Å². The highest BCUT2D eigenvalue weighted by Gasteiger charge is 2.44. The van der Waals surface area contributed by atoms with Gasteiger partial charge in [-0.15, -0.1) is 12.3 Å². The Morgan fingerprint density at radius 2 is 2.10 bits per heavy atom. The zero-order chi connectivity index (χ0) is 22.0. The van der Waals surface area contributed by atoms with Crippen LogP contribution in [0.15, 0.2) is 12.7 Å². The minimum atomic E-state index is -1.16. The first kappa shape index (κ1) is 21.3. The summed E-state index contributed by atoms with van der Waals surface area (Å²) in [5.41, 5.74) is 1.00. The van der Waals surface area contributed by atoms with E-state index < -0.39 is 24.5 Å². The predicted octanol–water partition coefficient (Wildman–Crippen LogP) is 0.502. The molecule has 3 N–H and O–H groups in total. The fourth-order valence-corrected chi connectivity index (χ4v) is 4.00. The molecular formula is C20H26N6O5. The summed E-state index contributed by atoms with van der Waals surface area (Å²) in [6.07, 6.45) is 5.86. The molecule has 11 nitrogen and oxygen atoms in total. The Kier molecular flexibility index (Phi) is 6.22. The third-order valence-electron chi connectivity index (χ3n) is 5.65. The van der Waals surface area contributed by atoms with Crippen LogP contribution in [-0.2, 0) is 9.47 Å². The van der Waals surface area contributed by atoms with Gasteiger partial charge in [-0.2, -0.15) is 0 Å². The molecule has 1 amide bonds. The number of aromatic nitrogens is 4. The van der Waals surface area contributed by atoms with Crippen molar-refractivity contribution in [2.45, 2.75) is 56.8 Å². The number of aliphatic hydroxyl groups excluding tert-OH is 2. The number of aliphatic hydroxyl groups is 2. The Balaban J connectivity index is 1.48. The van der Waals surface area contributed by atoms with Crippen molar-refractivity contribution in [1.82, 2.24) is 24.4 Å². The molecule has 2 aromatic heterocycles. The Hall–Kier alpha value is -2.94. The van der Waals surface area contributed by atoms with Crippen molar-refractivity contribution in [3.05, 3.63) is 12.7 Å². The number of hydrogen-bond donors (Lipinski definition) is 3. The average Bonchev–Trinajstić information content (AvgIpc) is 3.32. The Labute approximate surface area is 179 Å². The number of rotatable bonds is 5. The summed E-state index contributed by atoms with van der Waals surface area (Å²) in [5, 5.41) is 24.0. The lowest BCUT2D eigenvalue weighted by molar-refractivity contribution is -0.0332. The number of piperidine rings is 1. The average molecular weight is 430 g/mol. The second-order valence-electron chi connectivity index (χ2n) is 7.61. The van der Waals surface area contributed by atoms with E-state index >= 15 is 0 Å². The summed E-state index contributed by atoms with van der Waals surface area (Å²) in [6.45, 7) is 3.33. The Bertz CT molecular complexity index is 967. The van der Waals surface area contributed by atoms with E-state index in [1.54, 1.807) is 16.4 Å². The molecule has 11 heteroatoms. The SMILES string of the molecule is C#CC[C@H]1O[C@@H](n2cnc3c(NC4CCN(C(=O)OCC)CC4)ncnc32)[C@@H](O)[C@@H]1O. The summed E-state index contributed by atoms with van der Waals surface area (Å²) in [6, 6.07) is 0.115. The Morgan fingerprint density at radius 3 is 2.81 bits per heavy atom. The van der Waals surface area contributed by atoms with Crippen molar-refractivity contribution in [2.24, 2.45) is 0 Å². The number of hydrogen-bond acceptors (Lipinski definition) is 9. The first-order chi connectivity index (χ1) is 15.0. The topological polar surface area (TPSA) is 135 Å². The molecule has 2 fully saturated rings. The van der Waals surface area contributed by atoms with Gasteiger partial charge in [0.05, 0.1) is 19.0 Å². The molecule has 2 aliphatic heterocycles. The molecule has 4 atom stereocenters. The third-order valence-corrected chi connectivity index (χ3v) is 5.65. The van der Waals surface area contributed by atoms with Gasteiger partial charge in [0.1, 0.15) is 18.5 Å². The molecular weight excluding hydrogens is 404 g/mol. The molecule has 0 aliphatic carbocycles. The van der Waals surface area contributed by atoms with Crippen LogP contribution in [0.3, 0.4) is 0 Å². The summed E-state index contributed by atoms with van der Waals surface area (Å²) < 4.78 is 12.4. The molecule has 31 heavy (non-hydrogen) atoms. The molecule has 0 saturated carbocycles. The number of amides is 1. The number of terminal acetylenes is 1. The van der Waals surface area contributed by atoms with Crippen LogP contribution < -0.4 is 5.32 Å². The van der Waals surface area contributed by atoms with Gasteiger partial charge < -0.3 is 29.9 Å². The van der Waals surface area contributed by atoms with Crippen LogP contribution in [0.2, 0.25) is 0 Å². The molecule has 4 rings (SSSR count). The van der Waals surface area contributed by atoms with Crippen molar-refractivity contribution in [3.63, 3.8) is 0 Å². The number of ether oxygens (including phenoxy) is 2.